The zero-order chi connectivity index (χ0) is 24.5. The van der Waals surface area contributed by atoms with Gasteiger partial charge in [-0.15, -0.1) is 0 Å². The van der Waals surface area contributed by atoms with Crippen molar-refractivity contribution in [3.05, 3.63) is 65.6 Å². The molecule has 8 heteroatoms. The fraction of sp³-hybridized carbons (Fsp3) is 0.310. The van der Waals surface area contributed by atoms with Crippen molar-refractivity contribution in [2.24, 2.45) is 0 Å². The largest absolute Gasteiger partial charge is 0.351 e. The Morgan fingerprint density at radius 3 is 2.78 bits per heavy atom. The first-order valence-corrected chi connectivity index (χ1v) is 13.5. The van der Waals surface area contributed by atoms with Gasteiger partial charge < -0.3 is 15.2 Å². The van der Waals surface area contributed by atoms with E-state index in [1.165, 1.54) is 23.8 Å². The average molecular weight is 508 g/mol. The van der Waals surface area contributed by atoms with Gasteiger partial charge in [0.15, 0.2) is 5.82 Å². The molecule has 3 aliphatic rings. The second kappa shape index (κ2) is 8.23. The van der Waals surface area contributed by atoms with Crippen LogP contribution in [0.15, 0.2) is 55.0 Å². The molecule has 0 radical (unpaired) electrons. The lowest BCUT2D eigenvalue weighted by atomic mass is 10.1. The van der Waals surface area contributed by atoms with Crippen LogP contribution in [0.5, 0.6) is 0 Å². The van der Waals surface area contributed by atoms with Gasteiger partial charge in [0.25, 0.3) is 0 Å². The molecular formula is C29H26ClN7. The van der Waals surface area contributed by atoms with Gasteiger partial charge in [-0.05, 0) is 61.9 Å². The third kappa shape index (κ3) is 3.45. The van der Waals surface area contributed by atoms with Crippen molar-refractivity contribution in [3.8, 4) is 22.6 Å². The highest BCUT2D eigenvalue weighted by Gasteiger charge is 2.40. The van der Waals surface area contributed by atoms with E-state index in [-0.39, 0.29) is 0 Å². The molecule has 5 aromatic rings. The van der Waals surface area contributed by atoms with Crippen molar-refractivity contribution in [2.75, 3.05) is 18.0 Å². The summed E-state index contributed by atoms with van der Waals surface area (Å²) in [6, 6.07) is 13.0. The van der Waals surface area contributed by atoms with E-state index >= 15 is 0 Å². The highest BCUT2D eigenvalue weighted by molar-refractivity contribution is 6.33. The number of hydrogen-bond donors (Lipinski definition) is 2. The summed E-state index contributed by atoms with van der Waals surface area (Å²) in [4.78, 5) is 25.6. The van der Waals surface area contributed by atoms with Crippen molar-refractivity contribution in [2.45, 2.75) is 43.7 Å². The van der Waals surface area contributed by atoms with Crippen LogP contribution < -0.4 is 10.2 Å². The van der Waals surface area contributed by atoms with E-state index in [0.29, 0.717) is 28.8 Å². The molecule has 3 fully saturated rings. The molecule has 0 amide bonds. The number of H-pyrrole nitrogens is 1. The monoisotopic (exact) mass is 507 g/mol. The molecular weight excluding hydrogens is 482 g/mol. The van der Waals surface area contributed by atoms with E-state index in [4.69, 9.17) is 21.6 Å². The topological polar surface area (TPSA) is 82.6 Å². The number of halogens is 1. The molecule has 7 nitrogen and oxygen atoms in total. The van der Waals surface area contributed by atoms with Crippen LogP contribution in [-0.4, -0.2) is 50.1 Å². The van der Waals surface area contributed by atoms with Gasteiger partial charge in [0.1, 0.15) is 11.5 Å². The fourth-order valence-electron chi connectivity index (χ4n) is 6.30. The first kappa shape index (κ1) is 21.5. The molecule has 2 unspecified atom stereocenters. The molecule has 2 aliphatic heterocycles. The maximum absolute atomic E-state index is 6.51. The molecule has 0 spiro atoms. The van der Waals surface area contributed by atoms with E-state index in [1.54, 1.807) is 0 Å². The first-order valence-electron chi connectivity index (χ1n) is 13.1. The van der Waals surface area contributed by atoms with Gasteiger partial charge in [0.05, 0.1) is 11.7 Å². The summed E-state index contributed by atoms with van der Waals surface area (Å²) in [6.07, 6.45) is 10.5. The molecule has 6 heterocycles. The molecule has 2 saturated heterocycles. The Balaban J connectivity index is 1.34. The molecule has 0 bridgehead atoms. The molecule has 184 valence electrons. The average Bonchev–Trinajstić information content (AvgIpc) is 3.30. The summed E-state index contributed by atoms with van der Waals surface area (Å²) in [5, 5.41) is 6.56. The van der Waals surface area contributed by atoms with E-state index in [2.05, 4.69) is 31.2 Å². The van der Waals surface area contributed by atoms with Gasteiger partial charge in [-0.3, -0.25) is 4.98 Å². The number of pyridine rings is 2. The van der Waals surface area contributed by atoms with Crippen LogP contribution in [0.3, 0.4) is 0 Å². The van der Waals surface area contributed by atoms with Crippen molar-refractivity contribution in [1.29, 1.82) is 0 Å². The predicted molar refractivity (Wildman–Crippen MR) is 147 cm³/mol. The molecule has 4 aromatic heterocycles. The van der Waals surface area contributed by atoms with Gasteiger partial charge in [0.2, 0.25) is 0 Å². The van der Waals surface area contributed by atoms with Crippen molar-refractivity contribution in [1.82, 2.24) is 30.2 Å². The van der Waals surface area contributed by atoms with Crippen LogP contribution in [0.25, 0.3) is 44.6 Å². The number of aromatic nitrogens is 5. The molecule has 2 N–H and O–H groups in total. The normalized spacial score (nSPS) is 21.3. The fourth-order valence-corrected chi connectivity index (χ4v) is 6.53. The first-order chi connectivity index (χ1) is 18.2. The van der Waals surface area contributed by atoms with Crippen LogP contribution in [0.4, 0.5) is 5.82 Å². The number of nitrogens with one attached hydrogen (secondary N) is 2. The number of hydrogen-bond acceptors (Lipinski definition) is 6. The van der Waals surface area contributed by atoms with E-state index in [0.717, 1.165) is 65.1 Å². The summed E-state index contributed by atoms with van der Waals surface area (Å²) in [7, 11) is 0. The lowest BCUT2D eigenvalue weighted by Crippen LogP contribution is -2.35. The maximum Gasteiger partial charge on any atom is 0.163 e. The van der Waals surface area contributed by atoms with Crippen molar-refractivity contribution >= 4 is 39.4 Å². The lowest BCUT2D eigenvalue weighted by molar-refractivity contribution is 0.600. The number of rotatable bonds is 4. The van der Waals surface area contributed by atoms with Crippen molar-refractivity contribution < 1.29 is 0 Å². The van der Waals surface area contributed by atoms with E-state index < -0.39 is 0 Å². The Bertz CT molecular complexity index is 1670. The number of anilines is 1. The summed E-state index contributed by atoms with van der Waals surface area (Å²) < 4.78 is 0. The second-order valence-corrected chi connectivity index (χ2v) is 10.9. The Morgan fingerprint density at radius 1 is 0.973 bits per heavy atom. The quantitative estimate of drug-likeness (QED) is 0.324. The molecule has 2 atom stereocenters. The number of nitrogens with zero attached hydrogens (tertiary/aromatic N) is 5. The third-order valence-corrected chi connectivity index (χ3v) is 8.57. The Labute approximate surface area is 219 Å². The summed E-state index contributed by atoms with van der Waals surface area (Å²) in [6.45, 7) is 2.07. The van der Waals surface area contributed by atoms with Crippen LogP contribution >= 0.6 is 11.6 Å². The van der Waals surface area contributed by atoms with E-state index in [9.17, 15) is 0 Å². The SMILES string of the molecule is Clc1ccccc1-c1cc2c(-c3nc(N4CCC5NCCC54)c4c(C5CC5)cncc4n3)ccnc2[nH]1. The van der Waals surface area contributed by atoms with Crippen LogP contribution in [0.1, 0.15) is 37.2 Å². The Hall–Kier alpha value is -3.55. The molecule has 37 heavy (non-hydrogen) atoms. The van der Waals surface area contributed by atoms with E-state index in [1.807, 2.05) is 48.9 Å². The number of benzene rings is 1. The zero-order valence-electron chi connectivity index (χ0n) is 20.3. The van der Waals surface area contributed by atoms with Gasteiger partial charge in [-0.2, -0.15) is 0 Å². The number of aromatic amines is 1. The summed E-state index contributed by atoms with van der Waals surface area (Å²) in [5.74, 6) is 2.34. The summed E-state index contributed by atoms with van der Waals surface area (Å²) in [5.41, 5.74) is 5.85. The predicted octanol–water partition coefficient (Wildman–Crippen LogP) is 5.71. The minimum absolute atomic E-state index is 0.475. The highest BCUT2D eigenvalue weighted by Crippen LogP contribution is 2.46. The van der Waals surface area contributed by atoms with Crippen LogP contribution in [-0.2, 0) is 0 Å². The standard InChI is InChI=1S/C29H26ClN7/c30-21-4-2-1-3-18(21)23-13-19-17(7-10-33-27(19)34-23)28-35-24-15-31-14-20(16-5-6-16)26(24)29(36-28)37-12-9-22-25(37)8-11-32-22/h1-4,7,10,13-16,22,25,32H,5-6,8-9,11-12H2,(H,33,34). The Morgan fingerprint density at radius 2 is 1.89 bits per heavy atom. The molecule has 1 aromatic carbocycles. The van der Waals surface area contributed by atoms with Gasteiger partial charge in [0, 0.05) is 63.6 Å². The van der Waals surface area contributed by atoms with Crippen LogP contribution in [0, 0.1) is 0 Å². The minimum Gasteiger partial charge on any atom is -0.351 e. The third-order valence-electron chi connectivity index (χ3n) is 8.24. The number of fused-ring (bicyclic) bond motifs is 3. The second-order valence-electron chi connectivity index (χ2n) is 10.5. The lowest BCUT2D eigenvalue weighted by Gasteiger charge is -2.27. The Kier molecular flexibility index (Phi) is 4.79. The minimum atomic E-state index is 0.475. The van der Waals surface area contributed by atoms with Gasteiger partial charge in [-0.1, -0.05) is 29.8 Å². The van der Waals surface area contributed by atoms with Crippen LogP contribution in [0.2, 0.25) is 5.02 Å². The van der Waals surface area contributed by atoms with Gasteiger partial charge in [-0.25, -0.2) is 15.0 Å². The highest BCUT2D eigenvalue weighted by atomic mass is 35.5. The molecule has 1 aliphatic carbocycles. The smallest absolute Gasteiger partial charge is 0.163 e. The van der Waals surface area contributed by atoms with Gasteiger partial charge >= 0.3 is 0 Å². The van der Waals surface area contributed by atoms with Crippen molar-refractivity contribution in [3.63, 3.8) is 0 Å². The summed E-state index contributed by atoms with van der Waals surface area (Å²) >= 11 is 6.51. The molecule has 8 rings (SSSR count). The zero-order valence-corrected chi connectivity index (χ0v) is 21.0. The maximum atomic E-state index is 6.51. The molecule has 1 saturated carbocycles.